The van der Waals surface area contributed by atoms with Crippen LogP contribution in [0.5, 0.6) is 0 Å². The second-order valence-electron chi connectivity index (χ2n) is 4.89. The van der Waals surface area contributed by atoms with Crippen LogP contribution in [0.15, 0.2) is 5.38 Å². The topological polar surface area (TPSA) is 54.0 Å². The van der Waals surface area contributed by atoms with E-state index in [1.807, 2.05) is 12.3 Å². The summed E-state index contributed by atoms with van der Waals surface area (Å²) in [6.07, 6.45) is 4.13. The smallest absolute Gasteiger partial charge is 0.220 e. The van der Waals surface area contributed by atoms with Crippen LogP contribution in [0.1, 0.15) is 36.4 Å². The Morgan fingerprint density at radius 1 is 1.67 bits per heavy atom. The Labute approximate surface area is 112 Å². The molecule has 2 rings (SSSR count). The van der Waals surface area contributed by atoms with E-state index >= 15 is 0 Å². The lowest BCUT2D eigenvalue weighted by Gasteiger charge is -2.22. The van der Waals surface area contributed by atoms with E-state index in [9.17, 15) is 4.79 Å². The van der Waals surface area contributed by atoms with Gasteiger partial charge >= 0.3 is 0 Å². The molecule has 1 aromatic rings. The van der Waals surface area contributed by atoms with Crippen molar-refractivity contribution in [3.63, 3.8) is 0 Å². The molecule has 2 N–H and O–H groups in total. The first-order valence-corrected chi connectivity index (χ1v) is 7.50. The molecule has 1 aliphatic heterocycles. The van der Waals surface area contributed by atoms with Crippen LogP contribution in [0.4, 0.5) is 0 Å². The molecule has 0 spiro atoms. The first-order valence-electron chi connectivity index (χ1n) is 6.62. The highest BCUT2D eigenvalue weighted by molar-refractivity contribution is 7.09. The molecule has 1 aromatic heterocycles. The maximum atomic E-state index is 11.7. The zero-order valence-electron chi connectivity index (χ0n) is 10.9. The minimum atomic E-state index is 0.145. The third kappa shape index (κ3) is 4.38. The zero-order chi connectivity index (χ0) is 12.8. The zero-order valence-corrected chi connectivity index (χ0v) is 11.7. The normalized spacial score (nSPS) is 19.7. The van der Waals surface area contributed by atoms with Gasteiger partial charge in [0.15, 0.2) is 0 Å². The lowest BCUT2D eigenvalue weighted by Crippen LogP contribution is -2.31. The van der Waals surface area contributed by atoms with Crippen LogP contribution >= 0.6 is 11.3 Å². The number of hydrogen-bond donors (Lipinski definition) is 2. The van der Waals surface area contributed by atoms with Crippen LogP contribution in [0.25, 0.3) is 0 Å². The number of carbonyl (C=O) groups is 1. The summed E-state index contributed by atoms with van der Waals surface area (Å²) in [5, 5.41) is 9.36. The maximum absolute atomic E-state index is 11.7. The summed E-state index contributed by atoms with van der Waals surface area (Å²) in [5.74, 6) is 0.817. The SMILES string of the molecule is Cc1nc(CNC(=O)CCC2CCCNC2)cs1. The molecular formula is C13H21N3OS. The van der Waals surface area contributed by atoms with E-state index in [0.717, 1.165) is 30.2 Å². The Morgan fingerprint density at radius 3 is 3.22 bits per heavy atom. The first-order chi connectivity index (χ1) is 8.74. The average molecular weight is 267 g/mol. The Hall–Kier alpha value is -0.940. The highest BCUT2D eigenvalue weighted by atomic mass is 32.1. The van der Waals surface area contributed by atoms with E-state index in [-0.39, 0.29) is 5.91 Å². The summed E-state index contributed by atoms with van der Waals surface area (Å²) in [6.45, 7) is 4.74. The molecule has 18 heavy (non-hydrogen) atoms. The van der Waals surface area contributed by atoms with Crippen molar-refractivity contribution < 1.29 is 4.79 Å². The predicted octanol–water partition coefficient (Wildman–Crippen LogP) is 1.85. The van der Waals surface area contributed by atoms with E-state index in [1.165, 1.54) is 12.8 Å². The molecule has 1 fully saturated rings. The van der Waals surface area contributed by atoms with Gasteiger partial charge in [-0.05, 0) is 45.2 Å². The van der Waals surface area contributed by atoms with Crippen molar-refractivity contribution in [1.29, 1.82) is 0 Å². The van der Waals surface area contributed by atoms with Gasteiger partial charge in [0.25, 0.3) is 0 Å². The van der Waals surface area contributed by atoms with Crippen LogP contribution in [0.2, 0.25) is 0 Å². The van der Waals surface area contributed by atoms with Gasteiger partial charge in [0.2, 0.25) is 5.91 Å². The minimum absolute atomic E-state index is 0.145. The van der Waals surface area contributed by atoms with Gasteiger partial charge in [0.1, 0.15) is 0 Å². The summed E-state index contributed by atoms with van der Waals surface area (Å²) >= 11 is 1.62. The number of carbonyl (C=O) groups excluding carboxylic acids is 1. The highest BCUT2D eigenvalue weighted by Gasteiger charge is 2.14. The van der Waals surface area contributed by atoms with Crippen molar-refractivity contribution in [2.45, 2.75) is 39.2 Å². The van der Waals surface area contributed by atoms with Gasteiger partial charge in [-0.2, -0.15) is 0 Å². The fourth-order valence-corrected chi connectivity index (χ4v) is 2.89. The monoisotopic (exact) mass is 267 g/mol. The van der Waals surface area contributed by atoms with Crippen molar-refractivity contribution in [2.75, 3.05) is 13.1 Å². The maximum Gasteiger partial charge on any atom is 0.220 e. The number of hydrogen-bond acceptors (Lipinski definition) is 4. The van der Waals surface area contributed by atoms with Gasteiger partial charge in [0.05, 0.1) is 17.2 Å². The van der Waals surface area contributed by atoms with Crippen LogP contribution in [-0.2, 0) is 11.3 Å². The van der Waals surface area contributed by atoms with Crippen molar-refractivity contribution in [2.24, 2.45) is 5.92 Å². The van der Waals surface area contributed by atoms with Gasteiger partial charge < -0.3 is 10.6 Å². The highest BCUT2D eigenvalue weighted by Crippen LogP contribution is 2.15. The molecule has 4 nitrogen and oxygen atoms in total. The molecule has 2 heterocycles. The van der Waals surface area contributed by atoms with Crippen molar-refractivity contribution in [3.05, 3.63) is 16.1 Å². The van der Waals surface area contributed by atoms with E-state index in [4.69, 9.17) is 0 Å². The number of rotatable bonds is 5. The molecule has 0 aromatic carbocycles. The van der Waals surface area contributed by atoms with Gasteiger partial charge in [-0.1, -0.05) is 0 Å². The van der Waals surface area contributed by atoms with Crippen molar-refractivity contribution in [1.82, 2.24) is 15.6 Å². The molecule has 0 radical (unpaired) electrons. The van der Waals surface area contributed by atoms with Crippen LogP contribution in [0.3, 0.4) is 0 Å². The molecule has 0 saturated carbocycles. The molecule has 5 heteroatoms. The molecule has 0 aliphatic carbocycles. The average Bonchev–Trinajstić information content (AvgIpc) is 2.81. The Balaban J connectivity index is 1.62. The number of aromatic nitrogens is 1. The number of nitrogens with one attached hydrogen (secondary N) is 2. The van der Waals surface area contributed by atoms with E-state index < -0.39 is 0 Å². The number of thiazole rings is 1. The van der Waals surface area contributed by atoms with Crippen molar-refractivity contribution in [3.8, 4) is 0 Å². The summed E-state index contributed by atoms with van der Waals surface area (Å²) in [7, 11) is 0. The summed E-state index contributed by atoms with van der Waals surface area (Å²) in [6, 6.07) is 0. The summed E-state index contributed by atoms with van der Waals surface area (Å²) in [4.78, 5) is 16.0. The molecule has 1 unspecified atom stereocenters. The minimum Gasteiger partial charge on any atom is -0.350 e. The lowest BCUT2D eigenvalue weighted by atomic mass is 9.94. The third-order valence-corrected chi connectivity index (χ3v) is 4.13. The quantitative estimate of drug-likeness (QED) is 0.856. The largest absolute Gasteiger partial charge is 0.350 e. The third-order valence-electron chi connectivity index (χ3n) is 3.31. The number of aryl methyl sites for hydroxylation is 1. The molecule has 1 atom stereocenters. The Morgan fingerprint density at radius 2 is 2.56 bits per heavy atom. The van der Waals surface area contributed by atoms with Gasteiger partial charge in [-0.25, -0.2) is 4.98 Å². The predicted molar refractivity (Wildman–Crippen MR) is 73.5 cm³/mol. The first kappa shape index (κ1) is 13.5. The fraction of sp³-hybridized carbons (Fsp3) is 0.692. The fourth-order valence-electron chi connectivity index (χ4n) is 2.27. The van der Waals surface area contributed by atoms with Crippen LogP contribution in [0, 0.1) is 12.8 Å². The second kappa shape index (κ2) is 6.85. The summed E-state index contributed by atoms with van der Waals surface area (Å²) < 4.78 is 0. The molecule has 1 saturated heterocycles. The van der Waals surface area contributed by atoms with E-state index in [2.05, 4.69) is 15.6 Å². The number of amides is 1. The standard InChI is InChI=1S/C13H21N3OS/c1-10-16-12(9-18-10)8-15-13(17)5-4-11-3-2-6-14-7-11/h9,11,14H,2-8H2,1H3,(H,15,17). The Kier molecular flexibility index (Phi) is 5.13. The number of piperidine rings is 1. The molecule has 0 bridgehead atoms. The second-order valence-corrected chi connectivity index (χ2v) is 5.95. The molecule has 1 amide bonds. The molecular weight excluding hydrogens is 246 g/mol. The summed E-state index contributed by atoms with van der Waals surface area (Å²) in [5.41, 5.74) is 0.963. The Bertz CT molecular complexity index is 385. The van der Waals surface area contributed by atoms with Gasteiger partial charge in [-0.3, -0.25) is 4.79 Å². The van der Waals surface area contributed by atoms with Gasteiger partial charge in [0, 0.05) is 11.8 Å². The van der Waals surface area contributed by atoms with Crippen LogP contribution in [-0.4, -0.2) is 24.0 Å². The van der Waals surface area contributed by atoms with Gasteiger partial charge in [-0.15, -0.1) is 11.3 Å². The molecule has 100 valence electrons. The van der Waals surface area contributed by atoms with Crippen LogP contribution < -0.4 is 10.6 Å². The lowest BCUT2D eigenvalue weighted by molar-refractivity contribution is -0.121. The molecule has 1 aliphatic rings. The van der Waals surface area contributed by atoms with E-state index in [0.29, 0.717) is 18.9 Å². The number of nitrogens with zero attached hydrogens (tertiary/aromatic N) is 1. The van der Waals surface area contributed by atoms with E-state index in [1.54, 1.807) is 11.3 Å². The van der Waals surface area contributed by atoms with Crippen molar-refractivity contribution >= 4 is 17.2 Å².